The van der Waals surface area contributed by atoms with Crippen LogP contribution in [0.4, 0.5) is 0 Å². The molecule has 0 fully saturated rings. The van der Waals surface area contributed by atoms with Gasteiger partial charge in [0.15, 0.2) is 0 Å². The van der Waals surface area contributed by atoms with E-state index in [0.29, 0.717) is 6.42 Å². The van der Waals surface area contributed by atoms with Crippen LogP contribution in [0.25, 0.3) is 0 Å². The quantitative estimate of drug-likeness (QED) is 0.289. The summed E-state index contributed by atoms with van der Waals surface area (Å²) in [5, 5.41) is 9.21. The van der Waals surface area contributed by atoms with Crippen LogP contribution < -0.4 is 0 Å². The van der Waals surface area contributed by atoms with Gasteiger partial charge in [0.05, 0.1) is 34.1 Å². The second-order valence-electron chi connectivity index (χ2n) is 3.90. The molecule has 0 aliphatic heterocycles. The van der Waals surface area contributed by atoms with Gasteiger partial charge in [0, 0.05) is 6.08 Å². The van der Waals surface area contributed by atoms with Gasteiger partial charge >= 0.3 is 5.97 Å². The van der Waals surface area contributed by atoms with Crippen molar-refractivity contribution < 1.29 is 19.1 Å². The molecule has 0 bridgehead atoms. The lowest BCUT2D eigenvalue weighted by molar-refractivity contribution is -0.871. The van der Waals surface area contributed by atoms with E-state index in [9.17, 15) is 9.90 Å². The smallest absolute Gasteiger partial charge is 0.332 e. The van der Waals surface area contributed by atoms with Crippen LogP contribution in [0.15, 0.2) is 12.7 Å². The zero-order valence-corrected chi connectivity index (χ0v) is 8.49. The number of carbonyl (C=O) groups is 1. The van der Waals surface area contributed by atoms with Gasteiger partial charge in [-0.2, -0.15) is 0 Å². The molecule has 0 radical (unpaired) electrons. The molecule has 1 atom stereocenters. The third-order valence-electron chi connectivity index (χ3n) is 1.47. The number of rotatable bonds is 5. The molecule has 0 saturated carbocycles. The Labute approximate surface area is 79.0 Å². The number of esters is 1. The summed E-state index contributed by atoms with van der Waals surface area (Å²) in [5.74, 6) is -0.589. The van der Waals surface area contributed by atoms with E-state index in [1.165, 1.54) is 0 Å². The topological polar surface area (TPSA) is 46.5 Å². The highest BCUT2D eigenvalue weighted by Crippen LogP contribution is 2.00. The number of carbonyl (C=O) groups excluding carboxylic acids is 1. The third kappa shape index (κ3) is 7.49. The Morgan fingerprint density at radius 1 is 1.62 bits per heavy atom. The van der Waals surface area contributed by atoms with Gasteiger partial charge in [-0.3, -0.25) is 0 Å². The number of hydrogen-bond donors (Lipinski definition) is 1. The zero-order valence-electron chi connectivity index (χ0n) is 8.49. The third-order valence-corrected chi connectivity index (χ3v) is 1.47. The Bertz CT molecular complexity index is 184. The van der Waals surface area contributed by atoms with Crippen molar-refractivity contribution in [3.05, 3.63) is 12.7 Å². The lowest BCUT2D eigenvalue weighted by Crippen LogP contribution is -2.37. The Balaban J connectivity index is 3.69. The van der Waals surface area contributed by atoms with Gasteiger partial charge in [0.25, 0.3) is 0 Å². The van der Waals surface area contributed by atoms with E-state index >= 15 is 0 Å². The Morgan fingerprint density at radius 3 is 2.54 bits per heavy atom. The molecule has 0 aromatic heterocycles. The summed E-state index contributed by atoms with van der Waals surface area (Å²) in [5.41, 5.74) is 0. The van der Waals surface area contributed by atoms with Crippen LogP contribution in [0, 0.1) is 0 Å². The van der Waals surface area contributed by atoms with Crippen LogP contribution >= 0.6 is 0 Å². The molecule has 0 heterocycles. The van der Waals surface area contributed by atoms with Crippen molar-refractivity contribution in [2.45, 2.75) is 12.7 Å². The summed E-state index contributed by atoms with van der Waals surface area (Å²) < 4.78 is 5.31. The summed E-state index contributed by atoms with van der Waals surface area (Å²) in [6, 6.07) is 0. The van der Waals surface area contributed by atoms with Gasteiger partial charge in [-0.15, -0.1) is 0 Å². The van der Waals surface area contributed by atoms with Crippen molar-refractivity contribution in [2.75, 3.05) is 27.7 Å². The van der Waals surface area contributed by atoms with Crippen molar-refractivity contribution >= 4 is 5.97 Å². The molecule has 0 spiro atoms. The van der Waals surface area contributed by atoms with Crippen molar-refractivity contribution in [3.63, 3.8) is 0 Å². The first-order valence-electron chi connectivity index (χ1n) is 4.17. The summed E-state index contributed by atoms with van der Waals surface area (Å²) in [6.45, 7) is 3.97. The minimum atomic E-state index is -1.03. The first-order chi connectivity index (χ1) is 5.85. The number of aliphatic hydroxyl groups is 1. The lowest BCUT2D eigenvalue weighted by atomic mass is 10.3. The normalized spacial score (nSPS) is 13.5. The fraction of sp³-hybridized carbons (Fsp3) is 0.667. The van der Waals surface area contributed by atoms with Crippen LogP contribution in [0.1, 0.15) is 6.42 Å². The van der Waals surface area contributed by atoms with Gasteiger partial charge in [0.1, 0.15) is 0 Å². The molecular formula is C9H18NO3+. The van der Waals surface area contributed by atoms with Gasteiger partial charge in [0.2, 0.25) is 6.29 Å². The van der Waals surface area contributed by atoms with E-state index in [1.807, 2.05) is 21.1 Å². The van der Waals surface area contributed by atoms with E-state index in [2.05, 4.69) is 11.3 Å². The standard InChI is InChI=1S/C9H18NO3/c1-5-8(11)13-9(12)6-7-10(2,3)4/h5,9,12H,1,6-7H2,2-4H3/q+1. The summed E-state index contributed by atoms with van der Waals surface area (Å²) in [6.07, 6.45) is 0.445. The molecule has 0 aliphatic rings. The molecule has 0 aliphatic carbocycles. The number of hydrogen-bond acceptors (Lipinski definition) is 3. The van der Waals surface area contributed by atoms with E-state index < -0.39 is 12.3 Å². The second kappa shape index (κ2) is 4.99. The molecule has 0 aromatic carbocycles. The van der Waals surface area contributed by atoms with Crippen LogP contribution in [0.5, 0.6) is 0 Å². The number of quaternary nitrogens is 1. The van der Waals surface area contributed by atoms with Gasteiger partial charge in [-0.05, 0) is 0 Å². The summed E-state index contributed by atoms with van der Waals surface area (Å²) in [4.78, 5) is 10.6. The molecule has 0 saturated heterocycles. The maximum absolute atomic E-state index is 10.6. The highest BCUT2D eigenvalue weighted by atomic mass is 16.6. The largest absolute Gasteiger partial charge is 0.433 e. The first kappa shape index (κ1) is 12.1. The minimum absolute atomic E-state index is 0.434. The molecule has 4 heteroatoms. The number of ether oxygens (including phenoxy) is 1. The fourth-order valence-corrected chi connectivity index (χ4v) is 0.739. The van der Waals surface area contributed by atoms with Crippen molar-refractivity contribution in [1.82, 2.24) is 0 Å². The maximum atomic E-state index is 10.6. The molecular weight excluding hydrogens is 170 g/mol. The zero-order chi connectivity index (χ0) is 10.5. The van der Waals surface area contributed by atoms with Gasteiger partial charge in [-0.1, -0.05) is 6.58 Å². The van der Waals surface area contributed by atoms with Crippen molar-refractivity contribution in [3.8, 4) is 0 Å². The lowest BCUT2D eigenvalue weighted by Gasteiger charge is -2.24. The summed E-state index contributed by atoms with van der Waals surface area (Å²) >= 11 is 0. The van der Waals surface area contributed by atoms with E-state index in [4.69, 9.17) is 0 Å². The molecule has 13 heavy (non-hydrogen) atoms. The SMILES string of the molecule is C=CC(=O)OC(O)CC[N+](C)(C)C. The highest BCUT2D eigenvalue weighted by molar-refractivity contribution is 5.81. The summed E-state index contributed by atoms with van der Waals surface area (Å²) in [7, 11) is 6.01. The van der Waals surface area contributed by atoms with E-state index in [-0.39, 0.29) is 0 Å². The number of aliphatic hydroxyl groups excluding tert-OH is 1. The van der Waals surface area contributed by atoms with Gasteiger partial charge < -0.3 is 14.3 Å². The van der Waals surface area contributed by atoms with Crippen LogP contribution in [0.2, 0.25) is 0 Å². The average Bonchev–Trinajstić information content (AvgIpc) is 1.99. The molecule has 1 N–H and O–H groups in total. The molecule has 4 nitrogen and oxygen atoms in total. The molecule has 0 rings (SSSR count). The minimum Gasteiger partial charge on any atom is -0.433 e. The fourth-order valence-electron chi connectivity index (χ4n) is 0.739. The molecule has 0 aromatic rings. The molecule has 1 unspecified atom stereocenters. The van der Waals surface area contributed by atoms with Crippen molar-refractivity contribution in [1.29, 1.82) is 0 Å². The van der Waals surface area contributed by atoms with Crippen molar-refractivity contribution in [2.24, 2.45) is 0 Å². The number of nitrogens with zero attached hydrogens (tertiary/aromatic N) is 1. The Morgan fingerprint density at radius 2 is 2.15 bits per heavy atom. The van der Waals surface area contributed by atoms with Crippen LogP contribution in [0.3, 0.4) is 0 Å². The molecule has 76 valence electrons. The maximum Gasteiger partial charge on any atom is 0.332 e. The van der Waals surface area contributed by atoms with Crippen LogP contribution in [-0.2, 0) is 9.53 Å². The predicted molar refractivity (Wildman–Crippen MR) is 49.8 cm³/mol. The Hall–Kier alpha value is -0.870. The monoisotopic (exact) mass is 188 g/mol. The highest BCUT2D eigenvalue weighted by Gasteiger charge is 2.13. The molecule has 0 amide bonds. The predicted octanol–water partition coefficient (Wildman–Crippen LogP) is 0.130. The van der Waals surface area contributed by atoms with Gasteiger partial charge in [-0.25, -0.2) is 4.79 Å². The van der Waals surface area contributed by atoms with E-state index in [1.54, 1.807) is 0 Å². The average molecular weight is 188 g/mol. The second-order valence-corrected chi connectivity index (χ2v) is 3.90. The Kier molecular flexibility index (Phi) is 4.66. The first-order valence-corrected chi connectivity index (χ1v) is 4.17. The van der Waals surface area contributed by atoms with E-state index in [0.717, 1.165) is 17.1 Å². The van der Waals surface area contributed by atoms with Crippen LogP contribution in [-0.4, -0.2) is 49.5 Å².